The zero-order valence-electron chi connectivity index (χ0n) is 11.2. The van der Waals surface area contributed by atoms with Crippen LogP contribution in [0, 0.1) is 13.8 Å². The number of nitrogens with zero attached hydrogens (tertiary/aromatic N) is 1. The Labute approximate surface area is 118 Å². The Bertz CT molecular complexity index is 537. The van der Waals surface area contributed by atoms with Crippen LogP contribution in [0.3, 0.4) is 0 Å². The largest absolute Gasteiger partial charge is 0.493 e. The highest BCUT2D eigenvalue weighted by Gasteiger charge is 1.99. The maximum Gasteiger partial charge on any atom is 0.121 e. The highest BCUT2D eigenvalue weighted by atomic mass is 32.2. The quantitative estimate of drug-likeness (QED) is 0.515. The molecular weight excluding hydrogens is 256 g/mol. The molecule has 0 aliphatic heterocycles. The van der Waals surface area contributed by atoms with Crippen molar-refractivity contribution in [3.8, 4) is 5.75 Å². The topological polar surface area (TPSA) is 48.1 Å². The average molecular weight is 274 g/mol. The average Bonchev–Trinajstić information content (AvgIpc) is 2.34. The third-order valence-electron chi connectivity index (χ3n) is 2.53. The number of hydrogen-bond donors (Lipinski definition) is 1. The van der Waals surface area contributed by atoms with E-state index in [1.165, 1.54) is 5.56 Å². The van der Waals surface area contributed by atoms with Crippen molar-refractivity contribution < 1.29 is 4.74 Å². The van der Waals surface area contributed by atoms with E-state index in [-0.39, 0.29) is 0 Å². The molecule has 0 saturated heterocycles. The van der Waals surface area contributed by atoms with Gasteiger partial charge in [-0.3, -0.25) is 0 Å². The van der Waals surface area contributed by atoms with Crippen LogP contribution in [0.2, 0.25) is 0 Å². The first-order valence-electron chi connectivity index (χ1n) is 6.20. The number of benzene rings is 1. The normalized spacial score (nSPS) is 10.4. The molecule has 1 heterocycles. The highest BCUT2D eigenvalue weighted by molar-refractivity contribution is 7.99. The van der Waals surface area contributed by atoms with Crippen LogP contribution < -0.4 is 10.5 Å². The summed E-state index contributed by atoms with van der Waals surface area (Å²) in [4.78, 5) is 4.48. The van der Waals surface area contributed by atoms with Gasteiger partial charge in [0.2, 0.25) is 0 Å². The van der Waals surface area contributed by atoms with Crippen LogP contribution >= 0.6 is 11.8 Å². The molecule has 0 aliphatic carbocycles. The predicted octanol–water partition coefficient (Wildman–Crippen LogP) is 3.45. The number of rotatable bonds is 5. The fraction of sp³-hybridized carbons (Fsp3) is 0.267. The first-order valence-corrected chi connectivity index (χ1v) is 7.18. The minimum absolute atomic E-state index is 0.642. The second-order valence-electron chi connectivity index (χ2n) is 4.39. The Morgan fingerprint density at radius 3 is 2.79 bits per heavy atom. The van der Waals surface area contributed by atoms with E-state index in [4.69, 9.17) is 10.5 Å². The van der Waals surface area contributed by atoms with Crippen LogP contribution in [0.5, 0.6) is 5.75 Å². The number of thioether (sulfide) groups is 1. The van der Waals surface area contributed by atoms with Crippen LogP contribution in [-0.4, -0.2) is 17.3 Å². The summed E-state index contributed by atoms with van der Waals surface area (Å²) in [5, 5.41) is 1.05. The number of pyridine rings is 1. The summed E-state index contributed by atoms with van der Waals surface area (Å²) in [5.41, 5.74) is 8.71. The minimum Gasteiger partial charge on any atom is -0.493 e. The van der Waals surface area contributed by atoms with Crippen molar-refractivity contribution in [2.24, 2.45) is 0 Å². The molecule has 19 heavy (non-hydrogen) atoms. The lowest BCUT2D eigenvalue weighted by molar-refractivity contribution is 0.344. The van der Waals surface area contributed by atoms with Crippen LogP contribution in [-0.2, 0) is 0 Å². The van der Waals surface area contributed by atoms with Gasteiger partial charge in [-0.05, 0) is 43.7 Å². The van der Waals surface area contributed by atoms with E-state index >= 15 is 0 Å². The number of aryl methyl sites for hydroxylation is 2. The molecule has 1 aromatic heterocycles. The van der Waals surface area contributed by atoms with Crippen molar-refractivity contribution in [2.75, 3.05) is 18.1 Å². The van der Waals surface area contributed by atoms with Gasteiger partial charge in [0.15, 0.2) is 0 Å². The van der Waals surface area contributed by atoms with E-state index < -0.39 is 0 Å². The molecule has 0 aliphatic rings. The van der Waals surface area contributed by atoms with Gasteiger partial charge >= 0.3 is 0 Å². The fourth-order valence-electron chi connectivity index (χ4n) is 1.79. The minimum atomic E-state index is 0.642. The molecule has 0 saturated carbocycles. The molecule has 1 aromatic carbocycles. The molecule has 0 spiro atoms. The standard InChI is InChI=1S/C15H18N2OS/c1-11-8-12(2)17-15(9-11)19-7-6-18-14-5-3-4-13(16)10-14/h3-5,8-10H,6-7,16H2,1-2H3. The van der Waals surface area contributed by atoms with E-state index in [2.05, 4.69) is 24.0 Å². The molecule has 2 N–H and O–H groups in total. The van der Waals surface area contributed by atoms with Crippen molar-refractivity contribution in [3.63, 3.8) is 0 Å². The number of ether oxygens (including phenoxy) is 1. The van der Waals surface area contributed by atoms with Crippen LogP contribution in [0.15, 0.2) is 41.4 Å². The lowest BCUT2D eigenvalue weighted by atomic mass is 10.3. The first-order chi connectivity index (χ1) is 9.13. The Morgan fingerprint density at radius 2 is 2.05 bits per heavy atom. The van der Waals surface area contributed by atoms with Crippen LogP contribution in [0.4, 0.5) is 5.69 Å². The van der Waals surface area contributed by atoms with Crippen LogP contribution in [0.1, 0.15) is 11.3 Å². The summed E-state index contributed by atoms with van der Waals surface area (Å²) < 4.78 is 5.64. The summed E-state index contributed by atoms with van der Waals surface area (Å²) in [6.07, 6.45) is 0. The molecular formula is C15H18N2OS. The van der Waals surface area contributed by atoms with Gasteiger partial charge in [-0.25, -0.2) is 4.98 Å². The van der Waals surface area contributed by atoms with E-state index in [0.717, 1.165) is 27.9 Å². The van der Waals surface area contributed by atoms with E-state index in [1.807, 2.05) is 31.2 Å². The SMILES string of the molecule is Cc1cc(C)nc(SCCOc2cccc(N)c2)c1. The van der Waals surface area contributed by atoms with Gasteiger partial charge in [0.05, 0.1) is 11.6 Å². The Balaban J connectivity index is 1.80. The van der Waals surface area contributed by atoms with Gasteiger partial charge in [-0.15, -0.1) is 11.8 Å². The zero-order valence-corrected chi connectivity index (χ0v) is 12.0. The smallest absolute Gasteiger partial charge is 0.121 e. The summed E-state index contributed by atoms with van der Waals surface area (Å²) in [6, 6.07) is 11.7. The molecule has 2 rings (SSSR count). The van der Waals surface area contributed by atoms with Gasteiger partial charge in [0.1, 0.15) is 5.75 Å². The van der Waals surface area contributed by atoms with Gasteiger partial charge in [-0.1, -0.05) is 6.07 Å². The van der Waals surface area contributed by atoms with Gasteiger partial charge < -0.3 is 10.5 Å². The summed E-state index contributed by atoms with van der Waals surface area (Å²) >= 11 is 1.70. The second-order valence-corrected chi connectivity index (χ2v) is 5.51. The predicted molar refractivity (Wildman–Crippen MR) is 80.8 cm³/mol. The maximum absolute atomic E-state index is 5.69. The highest BCUT2D eigenvalue weighted by Crippen LogP contribution is 2.19. The van der Waals surface area contributed by atoms with E-state index in [0.29, 0.717) is 6.61 Å². The zero-order chi connectivity index (χ0) is 13.7. The third kappa shape index (κ3) is 4.48. The van der Waals surface area contributed by atoms with Crippen molar-refractivity contribution in [1.82, 2.24) is 4.98 Å². The summed E-state index contributed by atoms with van der Waals surface area (Å²) in [6.45, 7) is 4.74. The van der Waals surface area contributed by atoms with Crippen LogP contribution in [0.25, 0.3) is 0 Å². The second kappa shape index (κ2) is 6.48. The molecule has 0 amide bonds. The van der Waals surface area contributed by atoms with Crippen molar-refractivity contribution in [2.45, 2.75) is 18.9 Å². The maximum atomic E-state index is 5.69. The Morgan fingerprint density at radius 1 is 1.21 bits per heavy atom. The molecule has 0 fully saturated rings. The number of aromatic nitrogens is 1. The number of nitrogen functional groups attached to an aromatic ring is 1. The Kier molecular flexibility index (Phi) is 4.68. The lowest BCUT2D eigenvalue weighted by Gasteiger charge is -2.07. The molecule has 3 nitrogen and oxygen atoms in total. The van der Waals surface area contributed by atoms with Gasteiger partial charge in [0.25, 0.3) is 0 Å². The summed E-state index contributed by atoms with van der Waals surface area (Å²) in [5.74, 6) is 1.68. The van der Waals surface area contributed by atoms with Gasteiger partial charge in [0, 0.05) is 23.2 Å². The fourth-order valence-corrected chi connectivity index (χ4v) is 2.64. The van der Waals surface area contributed by atoms with E-state index in [1.54, 1.807) is 11.8 Å². The number of anilines is 1. The third-order valence-corrected chi connectivity index (χ3v) is 3.41. The molecule has 0 bridgehead atoms. The van der Waals surface area contributed by atoms with Crippen molar-refractivity contribution in [3.05, 3.63) is 47.7 Å². The van der Waals surface area contributed by atoms with Crippen molar-refractivity contribution >= 4 is 17.4 Å². The molecule has 4 heteroatoms. The van der Waals surface area contributed by atoms with Crippen molar-refractivity contribution in [1.29, 1.82) is 0 Å². The summed E-state index contributed by atoms with van der Waals surface area (Å²) in [7, 11) is 0. The molecule has 0 radical (unpaired) electrons. The first kappa shape index (κ1) is 13.7. The monoisotopic (exact) mass is 274 g/mol. The molecule has 100 valence electrons. The molecule has 0 atom stereocenters. The lowest BCUT2D eigenvalue weighted by Crippen LogP contribution is -2.01. The van der Waals surface area contributed by atoms with Gasteiger partial charge in [-0.2, -0.15) is 0 Å². The Hall–Kier alpha value is -1.68. The number of hydrogen-bond acceptors (Lipinski definition) is 4. The molecule has 0 unspecified atom stereocenters. The molecule has 2 aromatic rings. The van der Waals surface area contributed by atoms with E-state index in [9.17, 15) is 0 Å². The number of nitrogens with two attached hydrogens (primary N) is 1.